The van der Waals surface area contributed by atoms with Crippen LogP contribution in [0.3, 0.4) is 0 Å². The first-order chi connectivity index (χ1) is 9.34. The molecule has 0 aromatic carbocycles. The van der Waals surface area contributed by atoms with Crippen LogP contribution >= 0.6 is 0 Å². The third-order valence-corrected chi connectivity index (χ3v) is 2.58. The van der Waals surface area contributed by atoms with Crippen molar-refractivity contribution >= 4 is 5.78 Å². The SMILES string of the molecule is C[CH][CH]C1CCCCC1=O.[C-]#[O+].[C-]#[O+].[CH]1[CH][CH][CH][CH]1.[Fe]. The molecular formula is C16H19FeO3. The molecule has 0 aliphatic heterocycles. The molecule has 0 bridgehead atoms. The maximum absolute atomic E-state index is 11.1. The third-order valence-electron chi connectivity index (χ3n) is 2.58. The zero-order valence-corrected chi connectivity index (χ0v) is 12.6. The molecule has 2 saturated carbocycles. The topological polar surface area (TPSA) is 56.9 Å². The van der Waals surface area contributed by atoms with Gasteiger partial charge in [0.25, 0.3) is 0 Å². The Morgan fingerprint density at radius 1 is 1.05 bits per heavy atom. The van der Waals surface area contributed by atoms with Crippen LogP contribution in [0.4, 0.5) is 0 Å². The second-order valence-electron chi connectivity index (χ2n) is 3.81. The van der Waals surface area contributed by atoms with Gasteiger partial charge in [-0.2, -0.15) is 0 Å². The summed E-state index contributed by atoms with van der Waals surface area (Å²) >= 11 is 0. The van der Waals surface area contributed by atoms with Crippen LogP contribution in [0.15, 0.2) is 0 Å². The fourth-order valence-corrected chi connectivity index (χ4v) is 1.77. The Balaban J connectivity index is -0.000000246. The van der Waals surface area contributed by atoms with Gasteiger partial charge in [-0.1, -0.05) is 13.3 Å². The van der Waals surface area contributed by atoms with Crippen molar-refractivity contribution in [3.05, 3.63) is 58.2 Å². The van der Waals surface area contributed by atoms with E-state index >= 15 is 0 Å². The van der Waals surface area contributed by atoms with Crippen molar-refractivity contribution in [3.63, 3.8) is 0 Å². The molecule has 1 atom stereocenters. The molecule has 2 aliphatic carbocycles. The third kappa shape index (κ3) is 14.1. The first-order valence-corrected chi connectivity index (χ1v) is 6.07. The second-order valence-corrected chi connectivity index (χ2v) is 3.81. The maximum Gasteiger partial charge on any atom is 0 e. The zero-order chi connectivity index (χ0) is 14.9. The van der Waals surface area contributed by atoms with E-state index in [0.29, 0.717) is 5.78 Å². The number of hydrogen-bond acceptors (Lipinski definition) is 1. The molecule has 109 valence electrons. The smallest absolute Gasteiger partial charge is 0 e. The molecule has 2 fully saturated rings. The summed E-state index contributed by atoms with van der Waals surface area (Å²) in [5.41, 5.74) is 0. The van der Waals surface area contributed by atoms with Crippen LogP contribution in [-0.2, 0) is 31.2 Å². The van der Waals surface area contributed by atoms with E-state index in [1.807, 2.05) is 51.9 Å². The summed E-state index contributed by atoms with van der Waals surface area (Å²) in [5, 5.41) is 0. The summed E-state index contributed by atoms with van der Waals surface area (Å²) in [6, 6.07) is 0. The molecule has 0 spiro atoms. The van der Waals surface area contributed by atoms with Crippen LogP contribution < -0.4 is 0 Å². The van der Waals surface area contributed by atoms with Crippen molar-refractivity contribution in [2.45, 2.75) is 32.6 Å². The van der Waals surface area contributed by atoms with Crippen LogP contribution in [0, 0.1) is 64.2 Å². The van der Waals surface area contributed by atoms with Gasteiger partial charge in [-0.3, -0.25) is 4.79 Å². The van der Waals surface area contributed by atoms with Crippen LogP contribution in [-0.4, -0.2) is 5.78 Å². The van der Waals surface area contributed by atoms with Crippen molar-refractivity contribution in [2.75, 3.05) is 0 Å². The number of carbonyl (C=O) groups is 1. The fraction of sp³-hybridized carbons (Fsp3) is 0.375. The van der Waals surface area contributed by atoms with E-state index in [1.165, 1.54) is 6.42 Å². The standard InChI is InChI=1S/C9H14O.C5H5.2CO.Fe/c1-2-5-8-6-3-4-7-9(8)10;1-2-4-5-3-1;2*1-2;/h2,5,8H,3-4,6-7H2,1H3;1-5H;;;. The van der Waals surface area contributed by atoms with Crippen LogP contribution in [0.1, 0.15) is 32.6 Å². The number of carbonyl (C=O) groups excluding carboxylic acids is 1. The van der Waals surface area contributed by atoms with Crippen LogP contribution in [0.5, 0.6) is 0 Å². The summed E-state index contributed by atoms with van der Waals surface area (Å²) in [6.07, 6.45) is 18.2. The summed E-state index contributed by atoms with van der Waals surface area (Å²) in [7, 11) is 0. The fourth-order valence-electron chi connectivity index (χ4n) is 1.77. The Morgan fingerprint density at radius 3 is 1.85 bits per heavy atom. The van der Waals surface area contributed by atoms with Gasteiger partial charge in [0.15, 0.2) is 0 Å². The van der Waals surface area contributed by atoms with Crippen molar-refractivity contribution < 1.29 is 31.2 Å². The number of Topliss-reactive ketones (excluding diaryl/α,β-unsaturated/α-hetero) is 1. The van der Waals surface area contributed by atoms with Gasteiger partial charge in [-0.15, -0.1) is 0 Å². The average Bonchev–Trinajstić information content (AvgIpc) is 3.06. The number of rotatable bonds is 2. The maximum atomic E-state index is 11.1. The molecule has 1 unspecified atom stereocenters. The first kappa shape index (κ1) is 24.7. The Bertz CT molecular complexity index is 229. The molecule has 0 aromatic heterocycles. The quantitative estimate of drug-likeness (QED) is 0.439. The van der Waals surface area contributed by atoms with E-state index in [1.54, 1.807) is 0 Å². The normalized spacial score (nSPS) is 19.6. The van der Waals surface area contributed by atoms with Crippen molar-refractivity contribution in [1.82, 2.24) is 0 Å². The van der Waals surface area contributed by atoms with E-state index in [0.717, 1.165) is 19.3 Å². The van der Waals surface area contributed by atoms with Crippen LogP contribution in [0.2, 0.25) is 0 Å². The Hall–Kier alpha value is -0.331. The average molecular weight is 315 g/mol. The summed E-state index contributed by atoms with van der Waals surface area (Å²) in [6.45, 7) is 11.0. The van der Waals surface area contributed by atoms with Gasteiger partial charge in [0.2, 0.25) is 0 Å². The minimum Gasteiger partial charge on any atom is -0.0312 e. The monoisotopic (exact) mass is 315 g/mol. The minimum atomic E-state index is 0. The largest absolute Gasteiger partial charge is 0.0312 e. The zero-order valence-electron chi connectivity index (χ0n) is 11.5. The van der Waals surface area contributed by atoms with Crippen molar-refractivity contribution in [2.24, 2.45) is 5.92 Å². The molecule has 3 nitrogen and oxygen atoms in total. The number of hydrogen-bond donors (Lipinski definition) is 0. The predicted molar refractivity (Wildman–Crippen MR) is 70.6 cm³/mol. The molecule has 20 heavy (non-hydrogen) atoms. The van der Waals surface area contributed by atoms with Gasteiger partial charge in [0.05, 0.1) is 0 Å². The van der Waals surface area contributed by atoms with Gasteiger partial charge in [-0.05, 0) is 57.8 Å². The molecule has 0 N–H and O–H groups in total. The minimum absolute atomic E-state index is 0. The Kier molecular flexibility index (Phi) is 25.9. The molecular weight excluding hydrogens is 296 g/mol. The van der Waals surface area contributed by atoms with Crippen molar-refractivity contribution in [3.8, 4) is 0 Å². The molecule has 4 heteroatoms. The van der Waals surface area contributed by atoms with E-state index in [2.05, 4.69) is 13.3 Å². The number of ketones is 1. The van der Waals surface area contributed by atoms with Gasteiger partial charge >= 0.3 is 22.6 Å². The Labute approximate surface area is 134 Å². The van der Waals surface area contributed by atoms with Crippen LogP contribution in [0.25, 0.3) is 0 Å². The molecule has 0 saturated heterocycles. The van der Waals surface area contributed by atoms with Gasteiger partial charge in [0, 0.05) is 29.4 Å². The molecule has 2 rings (SSSR count). The van der Waals surface area contributed by atoms with E-state index < -0.39 is 0 Å². The molecule has 0 aromatic rings. The van der Waals surface area contributed by atoms with E-state index in [-0.39, 0.29) is 23.0 Å². The van der Waals surface area contributed by atoms with Gasteiger partial charge in [0.1, 0.15) is 5.78 Å². The molecule has 0 heterocycles. The summed E-state index contributed by atoms with van der Waals surface area (Å²) in [4.78, 5) is 11.1. The first-order valence-electron chi connectivity index (χ1n) is 6.07. The molecule has 0 amide bonds. The second kappa shape index (κ2) is 21.0. The molecule has 7 radical (unpaired) electrons. The predicted octanol–water partition coefficient (Wildman–Crippen LogP) is 3.12. The van der Waals surface area contributed by atoms with E-state index in [9.17, 15) is 4.79 Å². The summed E-state index contributed by atoms with van der Waals surface area (Å²) in [5.74, 6) is 0.683. The van der Waals surface area contributed by atoms with Gasteiger partial charge in [-0.25, -0.2) is 0 Å². The van der Waals surface area contributed by atoms with E-state index in [4.69, 9.17) is 9.30 Å². The summed E-state index contributed by atoms with van der Waals surface area (Å²) < 4.78 is 15.0. The van der Waals surface area contributed by atoms with Gasteiger partial charge < -0.3 is 0 Å². The van der Waals surface area contributed by atoms with Crippen molar-refractivity contribution in [1.29, 1.82) is 0 Å². The molecule has 2 aliphatic rings. The Morgan fingerprint density at radius 2 is 1.50 bits per heavy atom.